The number of fused-ring (bicyclic) bond motifs is 1. The van der Waals surface area contributed by atoms with Gasteiger partial charge in [-0.1, -0.05) is 20.8 Å². The Morgan fingerprint density at radius 1 is 1.13 bits per heavy atom. The molecule has 0 N–H and O–H groups in total. The van der Waals surface area contributed by atoms with E-state index >= 15 is 0 Å². The zero-order valence-corrected chi connectivity index (χ0v) is 10.4. The Kier molecular flexibility index (Phi) is 3.68. The largest absolute Gasteiger partial charge is 0.378 e. The Balaban J connectivity index is 2.06. The van der Waals surface area contributed by atoms with Crippen LogP contribution >= 0.6 is 0 Å². The molecule has 0 aromatic carbocycles. The van der Waals surface area contributed by atoms with Crippen LogP contribution in [0, 0.1) is 11.8 Å². The lowest BCUT2D eigenvalue weighted by molar-refractivity contribution is -0.0131. The fourth-order valence-corrected chi connectivity index (χ4v) is 3.58. The minimum atomic E-state index is 0.560. The second kappa shape index (κ2) is 4.84. The standard InChI is InChI=1S/C13H25NO/c1-4-14(5-2)12-7-6-10(3)13-11(12)8-9-15-13/h10-13H,4-9H2,1-3H3. The maximum Gasteiger partial charge on any atom is 0.0644 e. The summed E-state index contributed by atoms with van der Waals surface area (Å²) in [6.07, 6.45) is 4.58. The van der Waals surface area contributed by atoms with E-state index in [1.165, 1.54) is 32.4 Å². The second-order valence-corrected chi connectivity index (χ2v) is 5.13. The summed E-state index contributed by atoms with van der Waals surface area (Å²) in [5.74, 6) is 1.60. The van der Waals surface area contributed by atoms with Crippen molar-refractivity contribution >= 4 is 0 Å². The van der Waals surface area contributed by atoms with E-state index in [0.717, 1.165) is 24.5 Å². The van der Waals surface area contributed by atoms with Gasteiger partial charge in [-0.05, 0) is 38.3 Å². The molecule has 15 heavy (non-hydrogen) atoms. The molecule has 1 heterocycles. The van der Waals surface area contributed by atoms with Crippen molar-refractivity contribution in [2.24, 2.45) is 11.8 Å². The highest BCUT2D eigenvalue weighted by atomic mass is 16.5. The molecule has 0 bridgehead atoms. The van der Waals surface area contributed by atoms with Crippen molar-refractivity contribution < 1.29 is 4.74 Å². The van der Waals surface area contributed by atoms with Crippen LogP contribution in [0.2, 0.25) is 0 Å². The summed E-state index contributed by atoms with van der Waals surface area (Å²) in [5, 5.41) is 0. The van der Waals surface area contributed by atoms with Crippen molar-refractivity contribution in [1.29, 1.82) is 0 Å². The summed E-state index contributed by atoms with van der Waals surface area (Å²) < 4.78 is 5.91. The lowest BCUT2D eigenvalue weighted by atomic mass is 9.75. The fourth-order valence-electron chi connectivity index (χ4n) is 3.58. The average molecular weight is 211 g/mol. The Morgan fingerprint density at radius 3 is 2.53 bits per heavy atom. The van der Waals surface area contributed by atoms with E-state index in [2.05, 4.69) is 25.7 Å². The van der Waals surface area contributed by atoms with Crippen LogP contribution in [-0.2, 0) is 4.74 Å². The quantitative estimate of drug-likeness (QED) is 0.711. The molecular weight excluding hydrogens is 186 g/mol. The average Bonchev–Trinajstić information content (AvgIpc) is 2.72. The predicted molar refractivity (Wildman–Crippen MR) is 63.0 cm³/mol. The minimum absolute atomic E-state index is 0.560. The van der Waals surface area contributed by atoms with E-state index in [0.29, 0.717) is 6.10 Å². The maximum atomic E-state index is 5.91. The molecule has 0 radical (unpaired) electrons. The highest BCUT2D eigenvalue weighted by Gasteiger charge is 2.42. The molecule has 0 amide bonds. The van der Waals surface area contributed by atoms with E-state index in [1.807, 2.05) is 0 Å². The Hall–Kier alpha value is -0.0800. The molecule has 0 aromatic rings. The van der Waals surface area contributed by atoms with Gasteiger partial charge in [-0.2, -0.15) is 0 Å². The normalized spacial score (nSPS) is 40.8. The lowest BCUT2D eigenvalue weighted by Gasteiger charge is -2.42. The predicted octanol–water partition coefficient (Wildman–Crippen LogP) is 2.53. The first-order valence-electron chi connectivity index (χ1n) is 6.63. The number of hydrogen-bond donors (Lipinski definition) is 0. The Bertz CT molecular complexity index is 203. The van der Waals surface area contributed by atoms with Gasteiger partial charge in [0.1, 0.15) is 0 Å². The van der Waals surface area contributed by atoms with Gasteiger partial charge < -0.3 is 9.64 Å². The maximum absolute atomic E-state index is 5.91. The molecule has 2 heteroatoms. The van der Waals surface area contributed by atoms with Crippen molar-refractivity contribution in [3.05, 3.63) is 0 Å². The van der Waals surface area contributed by atoms with Gasteiger partial charge >= 0.3 is 0 Å². The van der Waals surface area contributed by atoms with Crippen LogP contribution in [0.3, 0.4) is 0 Å². The molecule has 1 aliphatic carbocycles. The third-order valence-electron chi connectivity index (χ3n) is 4.44. The molecule has 1 saturated heterocycles. The molecule has 88 valence electrons. The van der Waals surface area contributed by atoms with Gasteiger partial charge in [0.25, 0.3) is 0 Å². The number of nitrogens with zero attached hydrogens (tertiary/aromatic N) is 1. The molecule has 2 rings (SSSR count). The van der Waals surface area contributed by atoms with Crippen molar-refractivity contribution in [2.75, 3.05) is 19.7 Å². The van der Waals surface area contributed by atoms with Crippen LogP contribution in [0.5, 0.6) is 0 Å². The van der Waals surface area contributed by atoms with Crippen molar-refractivity contribution in [1.82, 2.24) is 4.90 Å². The van der Waals surface area contributed by atoms with E-state index < -0.39 is 0 Å². The van der Waals surface area contributed by atoms with Crippen LogP contribution in [0.25, 0.3) is 0 Å². The van der Waals surface area contributed by atoms with Gasteiger partial charge in [0.15, 0.2) is 0 Å². The highest BCUT2D eigenvalue weighted by molar-refractivity contribution is 4.94. The molecule has 2 nitrogen and oxygen atoms in total. The molecule has 4 unspecified atom stereocenters. The molecule has 2 aliphatic rings. The smallest absolute Gasteiger partial charge is 0.0644 e. The van der Waals surface area contributed by atoms with Crippen molar-refractivity contribution in [3.8, 4) is 0 Å². The zero-order chi connectivity index (χ0) is 10.8. The third-order valence-corrected chi connectivity index (χ3v) is 4.44. The molecular formula is C13H25NO. The Labute approximate surface area is 94.0 Å². The summed E-state index contributed by atoms with van der Waals surface area (Å²) in [6, 6.07) is 0.795. The molecule has 0 aromatic heterocycles. The van der Waals surface area contributed by atoms with Gasteiger partial charge in [0.2, 0.25) is 0 Å². The van der Waals surface area contributed by atoms with Gasteiger partial charge in [0.05, 0.1) is 6.10 Å². The molecule has 2 fully saturated rings. The summed E-state index contributed by atoms with van der Waals surface area (Å²) >= 11 is 0. The first kappa shape index (κ1) is 11.4. The van der Waals surface area contributed by atoms with Gasteiger partial charge in [-0.25, -0.2) is 0 Å². The van der Waals surface area contributed by atoms with Crippen molar-refractivity contribution in [3.63, 3.8) is 0 Å². The molecule has 1 saturated carbocycles. The van der Waals surface area contributed by atoms with Crippen LogP contribution in [0.4, 0.5) is 0 Å². The Morgan fingerprint density at radius 2 is 1.87 bits per heavy atom. The first-order chi connectivity index (χ1) is 7.27. The van der Waals surface area contributed by atoms with Crippen LogP contribution in [0.1, 0.15) is 40.0 Å². The van der Waals surface area contributed by atoms with Crippen LogP contribution in [0.15, 0.2) is 0 Å². The monoisotopic (exact) mass is 211 g/mol. The molecule has 0 spiro atoms. The van der Waals surface area contributed by atoms with Crippen LogP contribution < -0.4 is 0 Å². The third kappa shape index (κ3) is 2.07. The highest BCUT2D eigenvalue weighted by Crippen LogP contribution is 2.40. The van der Waals surface area contributed by atoms with E-state index in [1.54, 1.807) is 0 Å². The SMILES string of the molecule is CCN(CC)C1CCC(C)C2OCCC21. The summed E-state index contributed by atoms with van der Waals surface area (Å²) in [7, 11) is 0. The zero-order valence-electron chi connectivity index (χ0n) is 10.4. The van der Waals surface area contributed by atoms with Gasteiger partial charge in [0, 0.05) is 18.6 Å². The summed E-state index contributed by atoms with van der Waals surface area (Å²) in [6.45, 7) is 10.3. The first-order valence-corrected chi connectivity index (χ1v) is 6.63. The fraction of sp³-hybridized carbons (Fsp3) is 1.00. The number of ether oxygens (including phenoxy) is 1. The van der Waals surface area contributed by atoms with Gasteiger partial charge in [-0.15, -0.1) is 0 Å². The second-order valence-electron chi connectivity index (χ2n) is 5.13. The number of rotatable bonds is 3. The van der Waals surface area contributed by atoms with E-state index in [4.69, 9.17) is 4.74 Å². The van der Waals surface area contributed by atoms with E-state index in [9.17, 15) is 0 Å². The van der Waals surface area contributed by atoms with Crippen LogP contribution in [-0.4, -0.2) is 36.7 Å². The minimum Gasteiger partial charge on any atom is -0.378 e. The topological polar surface area (TPSA) is 12.5 Å². The summed E-state index contributed by atoms with van der Waals surface area (Å²) in [5.41, 5.74) is 0. The van der Waals surface area contributed by atoms with E-state index in [-0.39, 0.29) is 0 Å². The number of hydrogen-bond acceptors (Lipinski definition) is 2. The molecule has 1 aliphatic heterocycles. The van der Waals surface area contributed by atoms with Gasteiger partial charge in [-0.3, -0.25) is 0 Å². The van der Waals surface area contributed by atoms with Crippen molar-refractivity contribution in [2.45, 2.75) is 52.2 Å². The molecule has 4 atom stereocenters. The lowest BCUT2D eigenvalue weighted by Crippen LogP contribution is -2.48. The summed E-state index contributed by atoms with van der Waals surface area (Å²) in [4.78, 5) is 2.64.